The molecule has 4 nitrogen and oxygen atoms in total. The minimum Gasteiger partial charge on any atom is -0.496 e. The van der Waals surface area contributed by atoms with Gasteiger partial charge in [0.25, 0.3) is 0 Å². The lowest BCUT2D eigenvalue weighted by molar-refractivity contribution is -0.142. The van der Waals surface area contributed by atoms with Crippen molar-refractivity contribution in [2.75, 3.05) is 14.2 Å². The maximum atomic E-state index is 11.7. The van der Waals surface area contributed by atoms with Gasteiger partial charge in [-0.15, -0.1) is 0 Å². The van der Waals surface area contributed by atoms with E-state index in [0.29, 0.717) is 18.6 Å². The Bertz CT molecular complexity index is 826. The molecule has 0 bridgehead atoms. The fourth-order valence-corrected chi connectivity index (χ4v) is 3.75. The van der Waals surface area contributed by atoms with Gasteiger partial charge in [0.05, 0.1) is 14.2 Å². The Morgan fingerprint density at radius 3 is 2.40 bits per heavy atom. The Labute approximate surface area is 179 Å². The van der Waals surface area contributed by atoms with Crippen LogP contribution in [-0.2, 0) is 14.3 Å². The molecule has 0 N–H and O–H groups in total. The van der Waals surface area contributed by atoms with Gasteiger partial charge in [0.15, 0.2) is 0 Å². The van der Waals surface area contributed by atoms with Gasteiger partial charge >= 0.3 is 5.97 Å². The first-order valence-corrected chi connectivity index (χ1v) is 10.5. The highest BCUT2D eigenvalue weighted by Crippen LogP contribution is 2.34. The quantitative estimate of drug-likeness (QED) is 0.425. The van der Waals surface area contributed by atoms with Crippen LogP contribution in [0, 0.1) is 11.8 Å². The molecular weight excluding hydrogens is 376 g/mol. The van der Waals surface area contributed by atoms with E-state index in [9.17, 15) is 9.59 Å². The summed E-state index contributed by atoms with van der Waals surface area (Å²) in [5.41, 5.74) is 2.32. The predicted octanol–water partition coefficient (Wildman–Crippen LogP) is 5.86. The molecule has 2 unspecified atom stereocenters. The molecule has 0 amide bonds. The van der Waals surface area contributed by atoms with E-state index in [1.807, 2.05) is 36.4 Å². The van der Waals surface area contributed by atoms with E-state index in [4.69, 9.17) is 4.74 Å². The van der Waals surface area contributed by atoms with Crippen molar-refractivity contribution < 1.29 is 19.1 Å². The first-order chi connectivity index (χ1) is 14.6. The van der Waals surface area contributed by atoms with Crippen molar-refractivity contribution in [2.45, 2.75) is 39.0 Å². The van der Waals surface area contributed by atoms with Crippen molar-refractivity contribution in [1.29, 1.82) is 0 Å². The number of para-hydroxylation sites is 1. The van der Waals surface area contributed by atoms with Crippen LogP contribution in [0.3, 0.4) is 0 Å². The van der Waals surface area contributed by atoms with E-state index >= 15 is 0 Å². The second-order valence-electron chi connectivity index (χ2n) is 7.33. The summed E-state index contributed by atoms with van der Waals surface area (Å²) in [6.45, 7) is 2.07. The standard InChI is InChI=1S/C13H20O3.C13H12O/c1-3-4-5-6-11-10(7-8-12(11)14)9-13(15)16-2;1-14-13-10-6-5-9-12(13)11-7-3-2-4-8-11/h4-5,10-11H,3,6-9H2,1-2H3;2-10H,1H3/b5-4-;. The van der Waals surface area contributed by atoms with Crippen molar-refractivity contribution in [3.63, 3.8) is 0 Å². The summed E-state index contributed by atoms with van der Waals surface area (Å²) < 4.78 is 9.95. The molecule has 160 valence electrons. The molecule has 30 heavy (non-hydrogen) atoms. The fraction of sp³-hybridized carbons (Fsp3) is 0.385. The molecule has 0 aliphatic heterocycles. The van der Waals surface area contributed by atoms with Crippen LogP contribution in [0.2, 0.25) is 0 Å². The molecule has 1 saturated carbocycles. The Morgan fingerprint density at radius 2 is 1.73 bits per heavy atom. The number of ketones is 1. The molecule has 0 spiro atoms. The number of hydrogen-bond acceptors (Lipinski definition) is 4. The molecule has 0 aromatic heterocycles. The number of carbonyl (C=O) groups excluding carboxylic acids is 2. The Hall–Kier alpha value is -2.88. The molecule has 2 aromatic carbocycles. The zero-order valence-corrected chi connectivity index (χ0v) is 18.2. The topological polar surface area (TPSA) is 52.6 Å². The molecule has 0 saturated heterocycles. The summed E-state index contributed by atoms with van der Waals surface area (Å²) in [5.74, 6) is 1.22. The van der Waals surface area contributed by atoms with E-state index in [1.54, 1.807) is 7.11 Å². The number of allylic oxidation sites excluding steroid dienone is 2. The third kappa shape index (κ3) is 6.87. The van der Waals surface area contributed by atoms with E-state index < -0.39 is 0 Å². The lowest BCUT2D eigenvalue weighted by atomic mass is 9.89. The highest BCUT2D eigenvalue weighted by Gasteiger charge is 2.34. The first kappa shape index (κ1) is 23.4. The van der Waals surface area contributed by atoms with Crippen LogP contribution >= 0.6 is 0 Å². The van der Waals surface area contributed by atoms with Gasteiger partial charge in [-0.3, -0.25) is 9.59 Å². The SMILES string of the molecule is CC/C=C\CC1C(=O)CCC1CC(=O)OC.COc1ccccc1-c1ccccc1. The molecule has 2 atom stereocenters. The third-order valence-electron chi connectivity index (χ3n) is 5.38. The number of Topliss-reactive ketones (excluding diaryl/α,β-unsaturated/α-hetero) is 1. The largest absolute Gasteiger partial charge is 0.496 e. The number of carbonyl (C=O) groups is 2. The molecular formula is C26H32O4. The molecule has 1 fully saturated rings. The normalized spacial score (nSPS) is 18.0. The summed E-state index contributed by atoms with van der Waals surface area (Å²) in [6, 6.07) is 18.3. The van der Waals surface area contributed by atoms with Gasteiger partial charge in [-0.05, 0) is 36.8 Å². The van der Waals surface area contributed by atoms with Gasteiger partial charge in [-0.2, -0.15) is 0 Å². The highest BCUT2D eigenvalue weighted by molar-refractivity contribution is 5.84. The maximum Gasteiger partial charge on any atom is 0.305 e. The smallest absolute Gasteiger partial charge is 0.305 e. The van der Waals surface area contributed by atoms with Gasteiger partial charge in [0.2, 0.25) is 0 Å². The van der Waals surface area contributed by atoms with E-state index in [2.05, 4.69) is 42.0 Å². The highest BCUT2D eigenvalue weighted by atomic mass is 16.5. The summed E-state index contributed by atoms with van der Waals surface area (Å²) in [4.78, 5) is 22.9. The maximum absolute atomic E-state index is 11.7. The van der Waals surface area contributed by atoms with E-state index in [-0.39, 0.29) is 17.8 Å². The third-order valence-corrected chi connectivity index (χ3v) is 5.38. The second-order valence-corrected chi connectivity index (χ2v) is 7.33. The zero-order valence-electron chi connectivity index (χ0n) is 18.2. The summed E-state index contributed by atoms with van der Waals surface area (Å²) in [7, 11) is 3.09. The number of ether oxygens (including phenoxy) is 2. The molecule has 4 heteroatoms. The van der Waals surface area contributed by atoms with Crippen LogP contribution in [0.15, 0.2) is 66.7 Å². The van der Waals surface area contributed by atoms with Crippen LogP contribution < -0.4 is 4.74 Å². The molecule has 1 aliphatic carbocycles. The average Bonchev–Trinajstić information content (AvgIpc) is 3.14. The number of benzene rings is 2. The van der Waals surface area contributed by atoms with Crippen LogP contribution in [0.5, 0.6) is 5.75 Å². The number of rotatable bonds is 7. The molecule has 2 aromatic rings. The van der Waals surface area contributed by atoms with Gasteiger partial charge in [0, 0.05) is 24.3 Å². The molecule has 3 rings (SSSR count). The summed E-state index contributed by atoms with van der Waals surface area (Å²) in [5, 5.41) is 0. The molecule has 1 aliphatic rings. The van der Waals surface area contributed by atoms with Gasteiger partial charge in [-0.25, -0.2) is 0 Å². The Balaban J connectivity index is 0.000000215. The van der Waals surface area contributed by atoms with Crippen molar-refractivity contribution in [3.05, 3.63) is 66.7 Å². The summed E-state index contributed by atoms with van der Waals surface area (Å²) >= 11 is 0. The van der Waals surface area contributed by atoms with Crippen molar-refractivity contribution in [3.8, 4) is 16.9 Å². The van der Waals surface area contributed by atoms with Gasteiger partial charge in [-0.1, -0.05) is 67.6 Å². The van der Waals surface area contributed by atoms with E-state index in [1.165, 1.54) is 12.7 Å². The van der Waals surface area contributed by atoms with Crippen molar-refractivity contribution >= 4 is 11.8 Å². The summed E-state index contributed by atoms with van der Waals surface area (Å²) in [6.07, 6.45) is 7.72. The van der Waals surface area contributed by atoms with E-state index in [0.717, 1.165) is 30.6 Å². The van der Waals surface area contributed by atoms with Gasteiger partial charge < -0.3 is 9.47 Å². The molecule has 0 heterocycles. The van der Waals surface area contributed by atoms with Crippen molar-refractivity contribution in [2.24, 2.45) is 11.8 Å². The lowest BCUT2D eigenvalue weighted by Gasteiger charge is -2.15. The number of esters is 1. The minimum absolute atomic E-state index is 0.0295. The van der Waals surface area contributed by atoms with Crippen LogP contribution in [0.25, 0.3) is 11.1 Å². The van der Waals surface area contributed by atoms with Crippen LogP contribution in [-0.4, -0.2) is 26.0 Å². The lowest BCUT2D eigenvalue weighted by Crippen LogP contribution is -2.18. The Morgan fingerprint density at radius 1 is 1.03 bits per heavy atom. The first-order valence-electron chi connectivity index (χ1n) is 10.5. The van der Waals surface area contributed by atoms with Crippen LogP contribution in [0.1, 0.15) is 39.0 Å². The van der Waals surface area contributed by atoms with Crippen molar-refractivity contribution in [1.82, 2.24) is 0 Å². The predicted molar refractivity (Wildman–Crippen MR) is 120 cm³/mol. The fourth-order valence-electron chi connectivity index (χ4n) is 3.75. The van der Waals surface area contributed by atoms with Crippen LogP contribution in [0.4, 0.5) is 0 Å². The average molecular weight is 409 g/mol. The van der Waals surface area contributed by atoms with Gasteiger partial charge in [0.1, 0.15) is 11.5 Å². The Kier molecular flexibility index (Phi) is 9.85. The monoisotopic (exact) mass is 408 g/mol. The second kappa shape index (κ2) is 12.6. The molecule has 0 radical (unpaired) electrons. The minimum atomic E-state index is -0.204. The zero-order chi connectivity index (χ0) is 21.8. The number of methoxy groups -OCH3 is 2. The number of hydrogen-bond donors (Lipinski definition) is 0.